The highest BCUT2D eigenvalue weighted by molar-refractivity contribution is 5.89. The first kappa shape index (κ1) is 15.0. The predicted octanol–water partition coefficient (Wildman–Crippen LogP) is 3.07. The predicted molar refractivity (Wildman–Crippen MR) is 84.7 cm³/mol. The van der Waals surface area contributed by atoms with E-state index in [2.05, 4.69) is 19.9 Å². The molecule has 4 heteroatoms. The average Bonchev–Trinajstić information content (AvgIpc) is 2.44. The van der Waals surface area contributed by atoms with Crippen molar-refractivity contribution in [2.75, 3.05) is 0 Å². The fraction of sp³-hybridized carbons (Fsp3) is 0.294. The van der Waals surface area contributed by atoms with Crippen LogP contribution in [0.1, 0.15) is 36.5 Å². The third kappa shape index (κ3) is 2.75. The standard InChI is InChI=1S/C17H19NO3/c1-10(2)12-5-7-15-14(9-12)11(3)13(6-8-16(19)20)17(21)18(15)4/h5-10H,1-4H3,(H,19,20)/b8-6+. The molecule has 0 atom stereocenters. The first-order valence-electron chi connectivity index (χ1n) is 6.87. The normalized spacial score (nSPS) is 11.7. The maximum atomic E-state index is 12.4. The molecule has 1 N–H and O–H groups in total. The number of aryl methyl sites for hydroxylation is 2. The Morgan fingerprint density at radius 1 is 1.33 bits per heavy atom. The van der Waals surface area contributed by atoms with E-state index in [1.165, 1.54) is 11.6 Å². The van der Waals surface area contributed by atoms with Crippen LogP contribution in [0.15, 0.2) is 29.1 Å². The Morgan fingerprint density at radius 2 is 2.00 bits per heavy atom. The van der Waals surface area contributed by atoms with Crippen LogP contribution in [0.5, 0.6) is 0 Å². The molecular formula is C17H19NO3. The van der Waals surface area contributed by atoms with Gasteiger partial charge in [0.2, 0.25) is 0 Å². The van der Waals surface area contributed by atoms with Gasteiger partial charge in [0.1, 0.15) is 0 Å². The Hall–Kier alpha value is -2.36. The summed E-state index contributed by atoms with van der Waals surface area (Å²) in [4.78, 5) is 23.0. The van der Waals surface area contributed by atoms with Gasteiger partial charge in [-0.15, -0.1) is 0 Å². The minimum Gasteiger partial charge on any atom is -0.478 e. The maximum absolute atomic E-state index is 12.4. The van der Waals surface area contributed by atoms with Crippen molar-refractivity contribution in [3.8, 4) is 0 Å². The van der Waals surface area contributed by atoms with Gasteiger partial charge in [0.05, 0.1) is 5.52 Å². The van der Waals surface area contributed by atoms with Gasteiger partial charge in [0.15, 0.2) is 0 Å². The zero-order valence-electron chi connectivity index (χ0n) is 12.7. The molecule has 0 saturated carbocycles. The molecule has 0 unspecified atom stereocenters. The van der Waals surface area contributed by atoms with E-state index in [4.69, 9.17) is 5.11 Å². The van der Waals surface area contributed by atoms with E-state index in [1.54, 1.807) is 11.6 Å². The molecule has 21 heavy (non-hydrogen) atoms. The number of pyridine rings is 1. The lowest BCUT2D eigenvalue weighted by Gasteiger charge is -2.13. The summed E-state index contributed by atoms with van der Waals surface area (Å²) in [6.07, 6.45) is 2.38. The molecule has 1 aromatic carbocycles. The van der Waals surface area contributed by atoms with Gasteiger partial charge < -0.3 is 9.67 Å². The topological polar surface area (TPSA) is 59.3 Å². The molecule has 0 aliphatic rings. The molecule has 1 aromatic heterocycles. The van der Waals surface area contributed by atoms with Crippen molar-refractivity contribution in [3.63, 3.8) is 0 Å². The molecule has 0 bridgehead atoms. The van der Waals surface area contributed by atoms with Crippen LogP contribution in [0.25, 0.3) is 17.0 Å². The lowest BCUT2D eigenvalue weighted by molar-refractivity contribution is -0.131. The van der Waals surface area contributed by atoms with Crippen LogP contribution in [-0.2, 0) is 11.8 Å². The van der Waals surface area contributed by atoms with E-state index in [0.29, 0.717) is 11.5 Å². The van der Waals surface area contributed by atoms with Crippen molar-refractivity contribution in [1.82, 2.24) is 4.57 Å². The van der Waals surface area contributed by atoms with Crippen LogP contribution >= 0.6 is 0 Å². The number of carbonyl (C=O) groups is 1. The van der Waals surface area contributed by atoms with Gasteiger partial charge in [0.25, 0.3) is 5.56 Å². The minimum atomic E-state index is -1.06. The summed E-state index contributed by atoms with van der Waals surface area (Å²) in [7, 11) is 1.71. The number of benzene rings is 1. The summed E-state index contributed by atoms with van der Waals surface area (Å²) in [5.41, 5.74) is 3.10. The lowest BCUT2D eigenvalue weighted by atomic mass is 9.97. The van der Waals surface area contributed by atoms with Crippen LogP contribution in [0.3, 0.4) is 0 Å². The molecule has 110 valence electrons. The third-order valence-corrected chi connectivity index (χ3v) is 3.78. The largest absolute Gasteiger partial charge is 0.478 e. The fourth-order valence-electron chi connectivity index (χ4n) is 2.45. The Balaban J connectivity index is 2.82. The highest BCUT2D eigenvalue weighted by Gasteiger charge is 2.11. The summed E-state index contributed by atoms with van der Waals surface area (Å²) in [6, 6.07) is 6.05. The van der Waals surface area contributed by atoms with E-state index in [1.807, 2.05) is 19.1 Å². The quantitative estimate of drug-likeness (QED) is 0.882. The average molecular weight is 285 g/mol. The van der Waals surface area contributed by atoms with Crippen molar-refractivity contribution in [1.29, 1.82) is 0 Å². The van der Waals surface area contributed by atoms with Crippen molar-refractivity contribution in [2.24, 2.45) is 7.05 Å². The van der Waals surface area contributed by atoms with Gasteiger partial charge in [-0.3, -0.25) is 4.79 Å². The molecule has 0 amide bonds. The van der Waals surface area contributed by atoms with Gasteiger partial charge >= 0.3 is 5.97 Å². The number of nitrogens with zero attached hydrogens (tertiary/aromatic N) is 1. The summed E-state index contributed by atoms with van der Waals surface area (Å²) >= 11 is 0. The van der Waals surface area contributed by atoms with E-state index in [-0.39, 0.29) is 5.56 Å². The first-order chi connectivity index (χ1) is 9.82. The SMILES string of the molecule is Cc1c(/C=C/C(=O)O)c(=O)n(C)c2ccc(C(C)C)cc12. The Morgan fingerprint density at radius 3 is 2.57 bits per heavy atom. The van der Waals surface area contributed by atoms with Crippen LogP contribution in [0.4, 0.5) is 0 Å². The first-order valence-corrected chi connectivity index (χ1v) is 6.87. The van der Waals surface area contributed by atoms with E-state index < -0.39 is 5.97 Å². The van der Waals surface area contributed by atoms with Crippen molar-refractivity contribution in [3.05, 3.63) is 51.3 Å². The number of fused-ring (bicyclic) bond motifs is 1. The highest BCUT2D eigenvalue weighted by atomic mass is 16.4. The second-order valence-electron chi connectivity index (χ2n) is 5.51. The molecule has 0 spiro atoms. The monoisotopic (exact) mass is 285 g/mol. The maximum Gasteiger partial charge on any atom is 0.328 e. The molecular weight excluding hydrogens is 266 g/mol. The lowest BCUT2D eigenvalue weighted by Crippen LogP contribution is -2.21. The van der Waals surface area contributed by atoms with E-state index >= 15 is 0 Å². The number of carboxylic acid groups (broad SMARTS) is 1. The molecule has 0 aliphatic heterocycles. The van der Waals surface area contributed by atoms with Gasteiger partial charge in [-0.2, -0.15) is 0 Å². The van der Waals surface area contributed by atoms with Crippen molar-refractivity contribution >= 4 is 22.9 Å². The van der Waals surface area contributed by atoms with E-state index in [9.17, 15) is 9.59 Å². The Labute approximate surface area is 123 Å². The zero-order valence-corrected chi connectivity index (χ0v) is 12.7. The fourth-order valence-corrected chi connectivity index (χ4v) is 2.45. The van der Waals surface area contributed by atoms with E-state index in [0.717, 1.165) is 22.5 Å². The van der Waals surface area contributed by atoms with Gasteiger partial charge in [-0.25, -0.2) is 4.79 Å². The molecule has 0 saturated heterocycles. The molecule has 0 radical (unpaired) electrons. The molecule has 2 rings (SSSR count). The molecule has 1 heterocycles. The van der Waals surface area contributed by atoms with Gasteiger partial charge in [0, 0.05) is 24.1 Å². The third-order valence-electron chi connectivity index (χ3n) is 3.78. The summed E-state index contributed by atoms with van der Waals surface area (Å²) < 4.78 is 1.56. The number of carboxylic acids is 1. The number of rotatable bonds is 3. The summed E-state index contributed by atoms with van der Waals surface area (Å²) in [5, 5.41) is 9.74. The number of hydrogen-bond donors (Lipinski definition) is 1. The number of aromatic nitrogens is 1. The van der Waals surface area contributed by atoms with Crippen LogP contribution in [-0.4, -0.2) is 15.6 Å². The molecule has 2 aromatic rings. The molecule has 0 fully saturated rings. The Kier molecular flexibility index (Phi) is 3.98. The zero-order chi connectivity index (χ0) is 15.7. The smallest absolute Gasteiger partial charge is 0.328 e. The van der Waals surface area contributed by atoms with Crippen molar-refractivity contribution < 1.29 is 9.90 Å². The molecule has 4 nitrogen and oxygen atoms in total. The molecule has 0 aliphatic carbocycles. The van der Waals surface area contributed by atoms with Crippen LogP contribution < -0.4 is 5.56 Å². The summed E-state index contributed by atoms with van der Waals surface area (Å²) in [5.74, 6) is -0.670. The van der Waals surface area contributed by atoms with Crippen LogP contribution in [0, 0.1) is 6.92 Å². The minimum absolute atomic E-state index is 0.185. The summed E-state index contributed by atoms with van der Waals surface area (Å²) in [6.45, 7) is 6.09. The number of hydrogen-bond acceptors (Lipinski definition) is 2. The van der Waals surface area contributed by atoms with Crippen LogP contribution in [0.2, 0.25) is 0 Å². The second-order valence-corrected chi connectivity index (χ2v) is 5.51. The van der Waals surface area contributed by atoms with Gasteiger partial charge in [-0.1, -0.05) is 19.9 Å². The number of aliphatic carboxylic acids is 1. The highest BCUT2D eigenvalue weighted by Crippen LogP contribution is 2.24. The van der Waals surface area contributed by atoms with Gasteiger partial charge in [-0.05, 0) is 42.2 Å². The Bertz CT molecular complexity index is 798. The second kappa shape index (κ2) is 5.56. The van der Waals surface area contributed by atoms with Crippen molar-refractivity contribution in [2.45, 2.75) is 26.7 Å².